The Bertz CT molecular complexity index is 559. The van der Waals surface area contributed by atoms with Gasteiger partial charge in [-0.05, 0) is 44.7 Å². The van der Waals surface area contributed by atoms with Gasteiger partial charge in [0.1, 0.15) is 0 Å². The van der Waals surface area contributed by atoms with Crippen molar-refractivity contribution >= 4 is 17.5 Å². The largest absolute Gasteiger partial charge is 0.416 e. The maximum atomic E-state index is 12.5. The van der Waals surface area contributed by atoms with Crippen molar-refractivity contribution in [1.29, 1.82) is 0 Å². The highest BCUT2D eigenvalue weighted by Gasteiger charge is 2.30. The number of hydrogen-bond donors (Lipinski definition) is 2. The Hall–Kier alpha value is -2.09. The minimum atomic E-state index is -4.42. The fraction of sp³-hybridized carbons (Fsp3) is 0.500. The van der Waals surface area contributed by atoms with Crippen LogP contribution in [-0.2, 0) is 15.8 Å². The Kier molecular flexibility index (Phi) is 7.21. The van der Waals surface area contributed by atoms with Gasteiger partial charge in [-0.25, -0.2) is 0 Å². The van der Waals surface area contributed by atoms with Crippen LogP contribution in [0, 0.1) is 0 Å². The van der Waals surface area contributed by atoms with Gasteiger partial charge in [-0.3, -0.25) is 14.5 Å². The number of likely N-dealkylation sites (N-methyl/N-ethyl adjacent to an activating group) is 2. The fourth-order valence-electron chi connectivity index (χ4n) is 2.12. The zero-order valence-electron chi connectivity index (χ0n) is 13.9. The molecule has 0 spiro atoms. The predicted octanol–water partition coefficient (Wildman–Crippen LogP) is 2.49. The first-order chi connectivity index (χ1) is 11.2. The van der Waals surface area contributed by atoms with Crippen molar-refractivity contribution in [3.05, 3.63) is 29.8 Å². The van der Waals surface area contributed by atoms with Gasteiger partial charge in [-0.2, -0.15) is 13.2 Å². The Morgan fingerprint density at radius 3 is 2.21 bits per heavy atom. The first kappa shape index (κ1) is 20.0. The number of anilines is 1. The lowest BCUT2D eigenvalue weighted by Gasteiger charge is -2.26. The van der Waals surface area contributed by atoms with Gasteiger partial charge in [0.2, 0.25) is 11.8 Å². The smallest absolute Gasteiger partial charge is 0.355 e. The molecule has 0 saturated heterocycles. The first-order valence-corrected chi connectivity index (χ1v) is 7.67. The zero-order valence-corrected chi connectivity index (χ0v) is 13.9. The molecule has 0 unspecified atom stereocenters. The number of nitrogens with zero attached hydrogens (tertiary/aromatic N) is 1. The maximum Gasteiger partial charge on any atom is 0.416 e. The standard InChI is InChI=1S/C16H22F3N3O2/c1-4-20-14(23)10-22(5-2)11(3)15(24)21-13-8-6-12(7-9-13)16(17,18)19/h6-9,11H,4-5,10H2,1-3H3,(H,20,23)(H,21,24)/t11-/m1/s1. The summed E-state index contributed by atoms with van der Waals surface area (Å²) in [6.07, 6.45) is -4.42. The molecule has 2 amide bonds. The molecule has 2 N–H and O–H groups in total. The number of alkyl halides is 3. The lowest BCUT2D eigenvalue weighted by molar-refractivity contribution is -0.137. The molecule has 134 valence electrons. The van der Waals surface area contributed by atoms with E-state index in [0.717, 1.165) is 12.1 Å². The third-order valence-electron chi connectivity index (χ3n) is 3.53. The van der Waals surface area contributed by atoms with E-state index in [1.54, 1.807) is 18.7 Å². The molecule has 0 aliphatic heterocycles. The monoisotopic (exact) mass is 345 g/mol. The summed E-state index contributed by atoms with van der Waals surface area (Å²) in [4.78, 5) is 25.5. The summed E-state index contributed by atoms with van der Waals surface area (Å²) < 4.78 is 37.5. The highest BCUT2D eigenvalue weighted by Crippen LogP contribution is 2.29. The Morgan fingerprint density at radius 2 is 1.75 bits per heavy atom. The van der Waals surface area contributed by atoms with Crippen LogP contribution in [0.3, 0.4) is 0 Å². The molecular weight excluding hydrogens is 323 g/mol. The van der Waals surface area contributed by atoms with Crippen molar-refractivity contribution in [1.82, 2.24) is 10.2 Å². The van der Waals surface area contributed by atoms with Crippen molar-refractivity contribution in [2.45, 2.75) is 33.0 Å². The van der Waals surface area contributed by atoms with Crippen LogP contribution in [0.2, 0.25) is 0 Å². The SMILES string of the molecule is CCNC(=O)CN(CC)[C@H](C)C(=O)Nc1ccc(C(F)(F)F)cc1. The van der Waals surface area contributed by atoms with Gasteiger partial charge in [0.15, 0.2) is 0 Å². The molecule has 1 aromatic carbocycles. The lowest BCUT2D eigenvalue weighted by Crippen LogP contribution is -2.46. The average Bonchev–Trinajstić information content (AvgIpc) is 2.51. The number of carbonyl (C=O) groups excluding carboxylic acids is 2. The second kappa shape index (κ2) is 8.68. The van der Waals surface area contributed by atoms with Crippen LogP contribution in [0.25, 0.3) is 0 Å². The first-order valence-electron chi connectivity index (χ1n) is 7.67. The van der Waals surface area contributed by atoms with Crippen LogP contribution in [0.1, 0.15) is 26.3 Å². The van der Waals surface area contributed by atoms with Crippen LogP contribution < -0.4 is 10.6 Å². The predicted molar refractivity (Wildman–Crippen MR) is 85.5 cm³/mol. The number of rotatable bonds is 7. The van der Waals surface area contributed by atoms with Gasteiger partial charge >= 0.3 is 6.18 Å². The van der Waals surface area contributed by atoms with E-state index in [9.17, 15) is 22.8 Å². The molecular formula is C16H22F3N3O2. The molecule has 8 heteroatoms. The number of hydrogen-bond acceptors (Lipinski definition) is 3. The van der Waals surface area contributed by atoms with E-state index >= 15 is 0 Å². The van der Waals surface area contributed by atoms with Crippen molar-refractivity contribution in [3.63, 3.8) is 0 Å². The normalized spacial score (nSPS) is 12.8. The van der Waals surface area contributed by atoms with Gasteiger partial charge in [-0.1, -0.05) is 6.92 Å². The van der Waals surface area contributed by atoms with E-state index in [1.165, 1.54) is 12.1 Å². The van der Waals surface area contributed by atoms with E-state index in [0.29, 0.717) is 13.1 Å². The molecule has 24 heavy (non-hydrogen) atoms. The molecule has 0 aliphatic carbocycles. The summed E-state index contributed by atoms with van der Waals surface area (Å²) in [7, 11) is 0. The Balaban J connectivity index is 2.69. The van der Waals surface area contributed by atoms with E-state index in [2.05, 4.69) is 10.6 Å². The zero-order chi connectivity index (χ0) is 18.3. The summed E-state index contributed by atoms with van der Waals surface area (Å²) in [6.45, 7) is 6.32. The van der Waals surface area contributed by atoms with E-state index in [-0.39, 0.29) is 24.0 Å². The van der Waals surface area contributed by atoms with Crippen LogP contribution in [0.15, 0.2) is 24.3 Å². The number of carbonyl (C=O) groups is 2. The van der Waals surface area contributed by atoms with Gasteiger partial charge in [0.05, 0.1) is 18.2 Å². The molecule has 0 saturated carbocycles. The molecule has 1 atom stereocenters. The third kappa shape index (κ3) is 5.84. The van der Waals surface area contributed by atoms with E-state index in [4.69, 9.17) is 0 Å². The number of nitrogens with one attached hydrogen (secondary N) is 2. The maximum absolute atomic E-state index is 12.5. The molecule has 0 fully saturated rings. The molecule has 1 aromatic rings. The topological polar surface area (TPSA) is 61.4 Å². The van der Waals surface area contributed by atoms with Gasteiger partial charge in [0.25, 0.3) is 0 Å². The Labute approximate surface area is 139 Å². The van der Waals surface area contributed by atoms with E-state index in [1.807, 2.05) is 6.92 Å². The van der Waals surface area contributed by atoms with Gasteiger partial charge in [-0.15, -0.1) is 0 Å². The minimum absolute atomic E-state index is 0.0753. The molecule has 0 aliphatic rings. The molecule has 5 nitrogen and oxygen atoms in total. The average molecular weight is 345 g/mol. The summed E-state index contributed by atoms with van der Waals surface area (Å²) in [6, 6.07) is 3.63. The highest BCUT2D eigenvalue weighted by atomic mass is 19.4. The molecule has 0 aromatic heterocycles. The van der Waals surface area contributed by atoms with Crippen molar-refractivity contribution < 1.29 is 22.8 Å². The number of halogens is 3. The second-order valence-corrected chi connectivity index (χ2v) is 5.26. The van der Waals surface area contributed by atoms with Crippen LogP contribution >= 0.6 is 0 Å². The molecule has 0 bridgehead atoms. The molecule has 1 rings (SSSR count). The van der Waals surface area contributed by atoms with Crippen LogP contribution in [-0.4, -0.2) is 42.4 Å². The minimum Gasteiger partial charge on any atom is -0.355 e. The summed E-state index contributed by atoms with van der Waals surface area (Å²) in [5.41, 5.74) is -0.506. The van der Waals surface area contributed by atoms with Crippen molar-refractivity contribution in [3.8, 4) is 0 Å². The van der Waals surface area contributed by atoms with Crippen molar-refractivity contribution in [2.24, 2.45) is 0 Å². The quantitative estimate of drug-likeness (QED) is 0.798. The molecule has 0 heterocycles. The highest BCUT2D eigenvalue weighted by molar-refractivity contribution is 5.95. The Morgan fingerprint density at radius 1 is 1.17 bits per heavy atom. The van der Waals surface area contributed by atoms with E-state index < -0.39 is 17.8 Å². The number of amides is 2. The van der Waals surface area contributed by atoms with Crippen LogP contribution in [0.5, 0.6) is 0 Å². The number of benzene rings is 1. The summed E-state index contributed by atoms with van der Waals surface area (Å²) in [5.74, 6) is -0.575. The third-order valence-corrected chi connectivity index (χ3v) is 3.53. The van der Waals surface area contributed by atoms with Crippen LogP contribution in [0.4, 0.5) is 18.9 Å². The summed E-state index contributed by atoms with van der Waals surface area (Å²) in [5, 5.41) is 5.22. The van der Waals surface area contributed by atoms with Gasteiger partial charge in [0, 0.05) is 12.2 Å². The summed E-state index contributed by atoms with van der Waals surface area (Å²) >= 11 is 0. The fourth-order valence-corrected chi connectivity index (χ4v) is 2.12. The molecule has 0 radical (unpaired) electrons. The van der Waals surface area contributed by atoms with Crippen molar-refractivity contribution in [2.75, 3.05) is 25.0 Å². The van der Waals surface area contributed by atoms with Gasteiger partial charge < -0.3 is 10.6 Å². The second-order valence-electron chi connectivity index (χ2n) is 5.26. The lowest BCUT2D eigenvalue weighted by atomic mass is 10.2.